The first-order valence-electron chi connectivity index (χ1n) is 27.5. The third-order valence-electron chi connectivity index (χ3n) is 18.2. The van der Waals surface area contributed by atoms with Gasteiger partial charge in [-0.25, -0.2) is 0 Å². The zero-order valence-corrected chi connectivity index (χ0v) is 43.6. The average molecular weight is 992 g/mol. The van der Waals surface area contributed by atoms with Crippen molar-refractivity contribution in [3.63, 3.8) is 0 Å². The second-order valence-electron chi connectivity index (χ2n) is 22.2. The summed E-state index contributed by atoms with van der Waals surface area (Å²) < 4.78 is 0. The number of rotatable bonds is 7. The maximum atomic E-state index is 2.56. The summed E-state index contributed by atoms with van der Waals surface area (Å²) in [6, 6.07) is 107. The molecule has 78 heavy (non-hydrogen) atoms. The lowest BCUT2D eigenvalue weighted by atomic mass is 9.67. The Morgan fingerprint density at radius 3 is 1.27 bits per heavy atom. The zero-order valence-electron chi connectivity index (χ0n) is 43.6. The molecule has 12 aromatic rings. The van der Waals surface area contributed by atoms with Crippen LogP contribution in [0.4, 0.5) is 17.1 Å². The van der Waals surface area contributed by atoms with Gasteiger partial charge in [0.15, 0.2) is 0 Å². The van der Waals surface area contributed by atoms with E-state index in [9.17, 15) is 0 Å². The summed E-state index contributed by atoms with van der Waals surface area (Å²) in [6.07, 6.45) is 0. The summed E-state index contributed by atoms with van der Waals surface area (Å²) in [4.78, 5) is 2.56. The lowest BCUT2D eigenvalue weighted by molar-refractivity contribution is 0.660. The summed E-state index contributed by atoms with van der Waals surface area (Å²) in [5.41, 5.74) is 30.7. The van der Waals surface area contributed by atoms with Crippen LogP contribution in [-0.2, 0) is 16.2 Å². The largest absolute Gasteiger partial charge is 0.310 e. The topological polar surface area (TPSA) is 3.24 Å². The SMILES string of the molecule is CC1(C)c2cc(-c3ccccc3)ccc2-c2ccc(N(c3ccc(-c4cccc5c4-c4ccccc4C5(c4ccccc4)c4ccccc4)cc3)c3cccc4c3-c3ccccc3C43c4ccccc4-c4ccccc43)cc21. The molecule has 0 saturated heterocycles. The van der Waals surface area contributed by atoms with Gasteiger partial charge in [0, 0.05) is 22.4 Å². The van der Waals surface area contributed by atoms with E-state index in [1.54, 1.807) is 0 Å². The van der Waals surface area contributed by atoms with Gasteiger partial charge >= 0.3 is 0 Å². The molecule has 1 heteroatoms. The lowest BCUT2D eigenvalue weighted by Gasteiger charge is -2.34. The number of hydrogen-bond donors (Lipinski definition) is 0. The van der Waals surface area contributed by atoms with Crippen molar-refractivity contribution in [1.82, 2.24) is 0 Å². The highest BCUT2D eigenvalue weighted by Crippen LogP contribution is 2.65. The summed E-state index contributed by atoms with van der Waals surface area (Å²) in [6.45, 7) is 4.82. The molecular formula is C77H53N. The molecule has 0 unspecified atom stereocenters. The summed E-state index contributed by atoms with van der Waals surface area (Å²) in [7, 11) is 0. The molecule has 0 N–H and O–H groups in total. The molecule has 0 bridgehead atoms. The number of nitrogens with zero attached hydrogens (tertiary/aromatic N) is 1. The molecule has 366 valence electrons. The Morgan fingerprint density at radius 2 is 0.654 bits per heavy atom. The van der Waals surface area contributed by atoms with Crippen molar-refractivity contribution < 1.29 is 0 Å². The van der Waals surface area contributed by atoms with Crippen molar-refractivity contribution in [3.8, 4) is 66.8 Å². The van der Waals surface area contributed by atoms with E-state index in [4.69, 9.17) is 0 Å². The summed E-state index contributed by atoms with van der Waals surface area (Å²) >= 11 is 0. The molecule has 0 aliphatic heterocycles. The van der Waals surface area contributed by atoms with Crippen LogP contribution in [0.5, 0.6) is 0 Å². The Hall–Kier alpha value is -9.56. The zero-order chi connectivity index (χ0) is 51.7. The van der Waals surface area contributed by atoms with Crippen LogP contribution in [0.1, 0.15) is 69.5 Å². The number of hydrogen-bond acceptors (Lipinski definition) is 1. The van der Waals surface area contributed by atoms with Gasteiger partial charge in [-0.1, -0.05) is 263 Å². The third-order valence-corrected chi connectivity index (χ3v) is 18.2. The van der Waals surface area contributed by atoms with Crippen LogP contribution >= 0.6 is 0 Å². The Morgan fingerprint density at radius 1 is 0.244 bits per heavy atom. The highest BCUT2D eigenvalue weighted by molar-refractivity contribution is 6.02. The maximum absolute atomic E-state index is 2.56. The van der Waals surface area contributed by atoms with Crippen LogP contribution in [0.25, 0.3) is 66.8 Å². The molecule has 0 heterocycles. The third kappa shape index (κ3) is 5.96. The minimum Gasteiger partial charge on any atom is -0.310 e. The van der Waals surface area contributed by atoms with Crippen molar-refractivity contribution in [3.05, 3.63) is 341 Å². The van der Waals surface area contributed by atoms with Crippen LogP contribution in [0.15, 0.2) is 285 Å². The van der Waals surface area contributed by atoms with Crippen LogP contribution in [0.3, 0.4) is 0 Å². The molecule has 16 rings (SSSR count). The number of anilines is 3. The fraction of sp³-hybridized carbons (Fsp3) is 0.0649. The van der Waals surface area contributed by atoms with Crippen molar-refractivity contribution in [2.24, 2.45) is 0 Å². The molecule has 0 aromatic heterocycles. The van der Waals surface area contributed by atoms with Gasteiger partial charge in [0.05, 0.1) is 16.5 Å². The average Bonchev–Trinajstić information content (AvgIpc) is 3.17. The Labute approximate surface area is 457 Å². The molecule has 0 saturated carbocycles. The Balaban J connectivity index is 0.904. The van der Waals surface area contributed by atoms with E-state index in [2.05, 4.69) is 304 Å². The first-order valence-corrected chi connectivity index (χ1v) is 27.5. The fourth-order valence-electron chi connectivity index (χ4n) is 14.9. The van der Waals surface area contributed by atoms with E-state index in [0.29, 0.717) is 0 Å². The Bertz CT molecular complexity index is 4310. The van der Waals surface area contributed by atoms with Crippen LogP contribution in [-0.4, -0.2) is 0 Å². The molecule has 4 aliphatic rings. The molecule has 1 spiro atoms. The van der Waals surface area contributed by atoms with E-state index in [0.717, 1.165) is 17.1 Å². The van der Waals surface area contributed by atoms with E-state index in [-0.39, 0.29) is 5.41 Å². The number of benzene rings is 12. The molecule has 0 atom stereocenters. The lowest BCUT2D eigenvalue weighted by Crippen LogP contribution is -2.28. The summed E-state index contributed by atoms with van der Waals surface area (Å²) in [5.74, 6) is 0. The molecule has 4 aliphatic carbocycles. The number of fused-ring (bicyclic) bond motifs is 16. The second kappa shape index (κ2) is 16.7. The first-order chi connectivity index (χ1) is 38.5. The van der Waals surface area contributed by atoms with Gasteiger partial charge in [-0.3, -0.25) is 0 Å². The second-order valence-corrected chi connectivity index (χ2v) is 22.2. The van der Waals surface area contributed by atoms with Gasteiger partial charge in [0.1, 0.15) is 0 Å². The van der Waals surface area contributed by atoms with Crippen LogP contribution < -0.4 is 4.90 Å². The van der Waals surface area contributed by atoms with Crippen LogP contribution in [0.2, 0.25) is 0 Å². The normalized spacial score (nSPS) is 14.6. The summed E-state index contributed by atoms with van der Waals surface area (Å²) in [5, 5.41) is 0. The predicted molar refractivity (Wildman–Crippen MR) is 323 cm³/mol. The highest BCUT2D eigenvalue weighted by Gasteiger charge is 2.53. The van der Waals surface area contributed by atoms with E-state index >= 15 is 0 Å². The van der Waals surface area contributed by atoms with Gasteiger partial charge < -0.3 is 4.90 Å². The Kier molecular flexibility index (Phi) is 9.58. The minimum atomic E-state index is -0.479. The van der Waals surface area contributed by atoms with Crippen molar-refractivity contribution >= 4 is 17.1 Å². The van der Waals surface area contributed by atoms with Gasteiger partial charge in [-0.05, 0) is 153 Å². The molecule has 12 aromatic carbocycles. The highest BCUT2D eigenvalue weighted by atomic mass is 15.1. The van der Waals surface area contributed by atoms with E-state index in [1.165, 1.54) is 122 Å². The van der Waals surface area contributed by atoms with Crippen LogP contribution in [0, 0.1) is 0 Å². The molecule has 0 fully saturated rings. The van der Waals surface area contributed by atoms with Gasteiger partial charge in [0.2, 0.25) is 0 Å². The van der Waals surface area contributed by atoms with Crippen molar-refractivity contribution in [1.29, 1.82) is 0 Å². The molecule has 1 nitrogen and oxygen atoms in total. The van der Waals surface area contributed by atoms with Gasteiger partial charge in [0.25, 0.3) is 0 Å². The standard InChI is InChI=1S/C77H53N/c1-75(2)70-48-52(50-22-6-3-7-23-50)42-46-60(70)61-47-45-56(49-71(61)75)78(72-39-21-38-69-74(72)63-31-15-19-36-67(63)77(69)64-33-16-12-28-58(64)59-29-13-17-34-65(59)77)55-43-40-51(41-44-55)57-32-20-37-68-73(57)62-30-14-18-35-66(62)76(68,53-24-8-4-9-25-53)54-26-10-5-11-27-54/h3-49H,1-2H3. The predicted octanol–water partition coefficient (Wildman–Crippen LogP) is 19.5. The van der Waals surface area contributed by atoms with E-state index < -0.39 is 10.8 Å². The minimum absolute atomic E-state index is 0.244. The van der Waals surface area contributed by atoms with Crippen molar-refractivity contribution in [2.75, 3.05) is 4.90 Å². The molecule has 0 radical (unpaired) electrons. The quantitative estimate of drug-likeness (QED) is 0.154. The van der Waals surface area contributed by atoms with Gasteiger partial charge in [-0.2, -0.15) is 0 Å². The molecule has 0 amide bonds. The van der Waals surface area contributed by atoms with E-state index in [1.807, 2.05) is 0 Å². The maximum Gasteiger partial charge on any atom is 0.0726 e. The van der Waals surface area contributed by atoms with Crippen molar-refractivity contribution in [2.45, 2.75) is 30.1 Å². The van der Waals surface area contributed by atoms with Gasteiger partial charge in [-0.15, -0.1) is 0 Å². The smallest absolute Gasteiger partial charge is 0.0726 e. The first kappa shape index (κ1) is 44.7. The fourth-order valence-corrected chi connectivity index (χ4v) is 14.9. The monoisotopic (exact) mass is 991 g/mol. The molecular weight excluding hydrogens is 939 g/mol.